The first-order valence-corrected chi connectivity index (χ1v) is 11.1. The summed E-state index contributed by atoms with van der Waals surface area (Å²) in [4.78, 5) is 25.2. The van der Waals surface area contributed by atoms with E-state index in [9.17, 15) is 4.79 Å². The van der Waals surface area contributed by atoms with Crippen molar-refractivity contribution in [3.8, 4) is 0 Å². The van der Waals surface area contributed by atoms with Gasteiger partial charge in [0.15, 0.2) is 5.82 Å². The molecule has 0 fully saturated rings. The highest BCUT2D eigenvalue weighted by Gasteiger charge is 2.11. The van der Waals surface area contributed by atoms with Crippen molar-refractivity contribution < 1.29 is 4.79 Å². The van der Waals surface area contributed by atoms with E-state index in [4.69, 9.17) is 16.4 Å². The summed E-state index contributed by atoms with van der Waals surface area (Å²) in [6, 6.07) is 18.1. The lowest BCUT2D eigenvalue weighted by atomic mass is 10.1. The van der Waals surface area contributed by atoms with Gasteiger partial charge in [-0.3, -0.25) is 4.79 Å². The second-order valence-corrected chi connectivity index (χ2v) is 7.68. The van der Waals surface area contributed by atoms with Gasteiger partial charge in [-0.15, -0.1) is 0 Å². The third-order valence-electron chi connectivity index (χ3n) is 4.75. The maximum atomic E-state index is 12.9. The molecule has 7 nitrogen and oxygen atoms in total. The highest BCUT2D eigenvalue weighted by atomic mass is 35.5. The van der Waals surface area contributed by atoms with E-state index in [2.05, 4.69) is 40.4 Å². The normalized spacial score (nSPS) is 10.8. The standard InChI is InChI=1S/C23H27ClN4O.CH5N.CH2O/c1-17(13-19-7-4-3-5-8-19)27-22-23(29)28(18(2)15-26-22)12-11-25-16-20-9-6-10-21(24)14-20;2*1-2/h3-10,14-15,17,25H,11-13,16H2,1-2H3,(H,26,27);2H2,1H3;1H2. The molecule has 8 heteroatoms. The molecule has 0 saturated heterocycles. The van der Waals surface area contributed by atoms with Gasteiger partial charge in [0.2, 0.25) is 0 Å². The first-order valence-electron chi connectivity index (χ1n) is 10.7. The van der Waals surface area contributed by atoms with Crippen LogP contribution in [0.3, 0.4) is 0 Å². The molecule has 4 N–H and O–H groups in total. The van der Waals surface area contributed by atoms with E-state index in [0.717, 1.165) is 22.7 Å². The van der Waals surface area contributed by atoms with Gasteiger partial charge < -0.3 is 25.7 Å². The summed E-state index contributed by atoms with van der Waals surface area (Å²) in [5, 5.41) is 7.36. The van der Waals surface area contributed by atoms with Gasteiger partial charge in [0.05, 0.1) is 0 Å². The molecular formula is C25H34ClN5O2. The molecule has 0 spiro atoms. The molecule has 0 amide bonds. The Balaban J connectivity index is 0.00000129. The number of rotatable bonds is 9. The van der Waals surface area contributed by atoms with E-state index < -0.39 is 0 Å². The van der Waals surface area contributed by atoms with Gasteiger partial charge in [-0.25, -0.2) is 4.98 Å². The average Bonchev–Trinajstić information content (AvgIpc) is 2.83. The zero-order valence-electron chi connectivity index (χ0n) is 19.6. The fourth-order valence-electron chi connectivity index (χ4n) is 3.27. The van der Waals surface area contributed by atoms with E-state index in [1.165, 1.54) is 12.6 Å². The highest BCUT2D eigenvalue weighted by Crippen LogP contribution is 2.10. The number of carbonyl (C=O) groups excluding carboxylic acids is 1. The summed E-state index contributed by atoms with van der Waals surface area (Å²) in [7, 11) is 1.50. The van der Waals surface area contributed by atoms with Gasteiger partial charge in [0.1, 0.15) is 6.79 Å². The summed E-state index contributed by atoms with van der Waals surface area (Å²) in [5.41, 5.74) is 7.61. The van der Waals surface area contributed by atoms with Crippen LogP contribution in [0.15, 0.2) is 65.6 Å². The molecule has 33 heavy (non-hydrogen) atoms. The van der Waals surface area contributed by atoms with E-state index in [0.29, 0.717) is 25.5 Å². The molecule has 1 heterocycles. The third-order valence-corrected chi connectivity index (χ3v) is 4.99. The van der Waals surface area contributed by atoms with Crippen molar-refractivity contribution >= 4 is 24.2 Å². The van der Waals surface area contributed by atoms with Gasteiger partial charge in [-0.1, -0.05) is 54.1 Å². The van der Waals surface area contributed by atoms with Crippen LogP contribution in [0.25, 0.3) is 0 Å². The number of halogens is 1. The van der Waals surface area contributed by atoms with E-state index >= 15 is 0 Å². The molecule has 3 aromatic rings. The predicted octanol–water partition coefficient (Wildman–Crippen LogP) is 3.43. The molecule has 0 aliphatic carbocycles. The molecule has 1 unspecified atom stereocenters. The smallest absolute Gasteiger partial charge is 0.293 e. The highest BCUT2D eigenvalue weighted by molar-refractivity contribution is 6.30. The minimum atomic E-state index is -0.0885. The number of aromatic nitrogens is 2. The number of benzene rings is 2. The zero-order valence-corrected chi connectivity index (χ0v) is 20.3. The van der Waals surface area contributed by atoms with E-state index in [1.54, 1.807) is 10.8 Å². The maximum Gasteiger partial charge on any atom is 0.293 e. The van der Waals surface area contributed by atoms with Crippen LogP contribution >= 0.6 is 11.6 Å². The van der Waals surface area contributed by atoms with Crippen LogP contribution in [0.4, 0.5) is 5.82 Å². The van der Waals surface area contributed by atoms with Gasteiger partial charge in [0.25, 0.3) is 5.56 Å². The zero-order chi connectivity index (χ0) is 24.6. The lowest BCUT2D eigenvalue weighted by Crippen LogP contribution is -2.32. The van der Waals surface area contributed by atoms with Gasteiger partial charge in [0, 0.05) is 42.6 Å². The number of hydrogen-bond donors (Lipinski definition) is 3. The summed E-state index contributed by atoms with van der Waals surface area (Å²) in [6.07, 6.45) is 2.58. The summed E-state index contributed by atoms with van der Waals surface area (Å²) in [6.45, 7) is 7.93. The molecule has 2 aromatic carbocycles. The number of carbonyl (C=O) groups is 1. The minimum Gasteiger partial charge on any atom is -0.363 e. The summed E-state index contributed by atoms with van der Waals surface area (Å²) in [5.74, 6) is 0.397. The Morgan fingerprint density at radius 2 is 1.76 bits per heavy atom. The average molecular weight is 472 g/mol. The quantitative estimate of drug-likeness (QED) is 0.413. The first-order chi connectivity index (χ1) is 16.0. The van der Waals surface area contributed by atoms with Crippen LogP contribution in [0, 0.1) is 6.92 Å². The Labute approximate surface area is 201 Å². The summed E-state index contributed by atoms with van der Waals surface area (Å²) >= 11 is 6.02. The van der Waals surface area contributed by atoms with Crippen molar-refractivity contribution in [3.05, 3.63) is 93.0 Å². The van der Waals surface area contributed by atoms with Crippen LogP contribution in [0.5, 0.6) is 0 Å². The second kappa shape index (κ2) is 15.7. The molecule has 1 aromatic heterocycles. The Morgan fingerprint density at radius 1 is 1.09 bits per heavy atom. The van der Waals surface area contributed by atoms with Crippen LogP contribution in [-0.4, -0.2) is 36.0 Å². The topological polar surface area (TPSA) is 102 Å². The van der Waals surface area contributed by atoms with E-state index in [-0.39, 0.29) is 11.6 Å². The maximum absolute atomic E-state index is 12.9. The number of anilines is 1. The molecule has 178 valence electrons. The number of nitrogens with zero attached hydrogens (tertiary/aromatic N) is 2. The lowest BCUT2D eigenvalue weighted by molar-refractivity contribution is -0.0979. The first kappa shape index (κ1) is 28.0. The molecule has 0 aliphatic heterocycles. The van der Waals surface area contributed by atoms with Crippen molar-refractivity contribution in [2.75, 3.05) is 18.9 Å². The number of nitrogens with two attached hydrogens (primary N) is 1. The van der Waals surface area contributed by atoms with Gasteiger partial charge >= 0.3 is 0 Å². The van der Waals surface area contributed by atoms with Crippen molar-refractivity contribution in [2.24, 2.45) is 5.73 Å². The number of hydrogen-bond acceptors (Lipinski definition) is 6. The molecule has 1 atom stereocenters. The SMILES string of the molecule is C=O.CN.Cc1cnc(NC(C)Cc2ccccc2)c(=O)n1CCNCc1cccc(Cl)c1. The molecule has 0 saturated carbocycles. The van der Waals surface area contributed by atoms with Crippen LogP contribution in [0.1, 0.15) is 23.7 Å². The van der Waals surface area contributed by atoms with Crippen LogP contribution < -0.4 is 21.9 Å². The van der Waals surface area contributed by atoms with Gasteiger partial charge in [-0.2, -0.15) is 0 Å². The minimum absolute atomic E-state index is 0.0885. The fraction of sp³-hybridized carbons (Fsp3) is 0.320. The Morgan fingerprint density at radius 3 is 2.42 bits per heavy atom. The molecule has 0 aliphatic rings. The largest absolute Gasteiger partial charge is 0.363 e. The van der Waals surface area contributed by atoms with Gasteiger partial charge in [-0.05, 0) is 50.6 Å². The van der Waals surface area contributed by atoms with Crippen molar-refractivity contribution in [2.45, 2.75) is 39.4 Å². The summed E-state index contributed by atoms with van der Waals surface area (Å²) < 4.78 is 1.76. The molecular weight excluding hydrogens is 438 g/mol. The van der Waals surface area contributed by atoms with Crippen molar-refractivity contribution in [3.63, 3.8) is 0 Å². The lowest BCUT2D eigenvalue weighted by Gasteiger charge is -2.17. The third kappa shape index (κ3) is 9.57. The molecule has 3 rings (SSSR count). The van der Waals surface area contributed by atoms with Crippen LogP contribution in [-0.2, 0) is 24.3 Å². The Bertz CT molecular complexity index is 1010. The monoisotopic (exact) mass is 471 g/mol. The van der Waals surface area contributed by atoms with Crippen molar-refractivity contribution in [1.82, 2.24) is 14.9 Å². The predicted molar refractivity (Wildman–Crippen MR) is 137 cm³/mol. The van der Waals surface area contributed by atoms with E-state index in [1.807, 2.05) is 56.2 Å². The fourth-order valence-corrected chi connectivity index (χ4v) is 3.48. The van der Waals surface area contributed by atoms with Crippen LogP contribution in [0.2, 0.25) is 5.02 Å². The van der Waals surface area contributed by atoms with Crippen molar-refractivity contribution in [1.29, 1.82) is 0 Å². The number of aryl methyl sites for hydroxylation is 1. The molecule has 0 radical (unpaired) electrons. The Kier molecular flexibility index (Phi) is 13.4. The second-order valence-electron chi connectivity index (χ2n) is 7.25. The molecule has 0 bridgehead atoms. The Hall–Kier alpha value is -3.00. The number of nitrogens with one attached hydrogen (secondary N) is 2.